The Hall–Kier alpha value is -1.90. The number of ether oxygens (including phenoxy) is 2. The van der Waals surface area contributed by atoms with Gasteiger partial charge in [-0.05, 0) is 77.0 Å². The average Bonchev–Trinajstić information content (AvgIpc) is 3.15. The van der Waals surface area contributed by atoms with E-state index in [0.717, 1.165) is 20.4 Å². The highest BCUT2D eigenvalue weighted by atomic mass is 127. The fraction of sp³-hybridized carbons (Fsp3) is 0.208. The summed E-state index contributed by atoms with van der Waals surface area (Å²) in [6.07, 6.45) is 0. The maximum atomic E-state index is 12.6. The number of halogens is 2. The van der Waals surface area contributed by atoms with Crippen molar-refractivity contribution in [2.24, 2.45) is 0 Å². The van der Waals surface area contributed by atoms with Crippen molar-refractivity contribution in [2.45, 2.75) is 18.9 Å². The highest BCUT2D eigenvalue weighted by molar-refractivity contribution is 14.1. The van der Waals surface area contributed by atoms with Crippen LogP contribution in [0.3, 0.4) is 0 Å². The standard InChI is InChI=1S/C24H21ClINO3S/c1-15-3-5-16(6-4-15)13-30-23-20(26)11-17(12-21(23)29-2)24-27(22(28)14-31-24)19-9-7-18(25)8-10-19/h3-12,24H,13-14H2,1-2H3/t24-/m1/s1. The summed E-state index contributed by atoms with van der Waals surface area (Å²) in [6, 6.07) is 19.7. The normalized spacial score (nSPS) is 15.9. The molecule has 1 amide bonds. The van der Waals surface area contributed by atoms with Gasteiger partial charge in [-0.15, -0.1) is 11.8 Å². The van der Waals surface area contributed by atoms with Crippen molar-refractivity contribution in [3.8, 4) is 11.5 Å². The van der Waals surface area contributed by atoms with Crippen LogP contribution in [0.2, 0.25) is 5.02 Å². The van der Waals surface area contributed by atoms with E-state index in [1.165, 1.54) is 5.56 Å². The topological polar surface area (TPSA) is 38.8 Å². The van der Waals surface area contributed by atoms with E-state index in [0.29, 0.717) is 28.9 Å². The molecule has 0 aromatic heterocycles. The number of carbonyl (C=O) groups is 1. The Kier molecular flexibility index (Phi) is 6.99. The summed E-state index contributed by atoms with van der Waals surface area (Å²) < 4.78 is 12.7. The molecule has 31 heavy (non-hydrogen) atoms. The Bertz CT molecular complexity index is 1090. The number of hydrogen-bond acceptors (Lipinski definition) is 4. The number of benzene rings is 3. The van der Waals surface area contributed by atoms with Gasteiger partial charge in [-0.25, -0.2) is 0 Å². The lowest BCUT2D eigenvalue weighted by Gasteiger charge is -2.25. The monoisotopic (exact) mass is 565 g/mol. The second kappa shape index (κ2) is 9.71. The number of nitrogens with zero attached hydrogens (tertiary/aromatic N) is 1. The molecule has 4 rings (SSSR count). The van der Waals surface area contributed by atoms with E-state index in [4.69, 9.17) is 21.1 Å². The van der Waals surface area contributed by atoms with Gasteiger partial charge in [0, 0.05) is 10.7 Å². The van der Waals surface area contributed by atoms with Gasteiger partial charge >= 0.3 is 0 Å². The van der Waals surface area contributed by atoms with Crippen LogP contribution in [0.5, 0.6) is 11.5 Å². The van der Waals surface area contributed by atoms with Crippen LogP contribution in [0.25, 0.3) is 0 Å². The molecule has 0 spiro atoms. The second-order valence-electron chi connectivity index (χ2n) is 7.21. The molecule has 0 N–H and O–H groups in total. The van der Waals surface area contributed by atoms with Gasteiger partial charge in [-0.2, -0.15) is 0 Å². The highest BCUT2D eigenvalue weighted by Gasteiger charge is 2.35. The maximum absolute atomic E-state index is 12.6. The van der Waals surface area contributed by atoms with Crippen molar-refractivity contribution in [1.82, 2.24) is 0 Å². The lowest BCUT2D eigenvalue weighted by Crippen LogP contribution is -2.27. The van der Waals surface area contributed by atoms with E-state index in [1.54, 1.807) is 31.0 Å². The summed E-state index contributed by atoms with van der Waals surface area (Å²) in [5, 5.41) is 0.508. The van der Waals surface area contributed by atoms with Crippen LogP contribution in [0, 0.1) is 10.5 Å². The van der Waals surface area contributed by atoms with Crippen molar-refractivity contribution in [3.05, 3.63) is 85.9 Å². The molecule has 0 radical (unpaired) electrons. The van der Waals surface area contributed by atoms with Crippen molar-refractivity contribution >= 4 is 57.5 Å². The molecule has 0 unspecified atom stereocenters. The van der Waals surface area contributed by atoms with E-state index in [2.05, 4.69) is 59.8 Å². The lowest BCUT2D eigenvalue weighted by atomic mass is 10.1. The SMILES string of the molecule is COc1cc([C@H]2SCC(=O)N2c2ccc(Cl)cc2)cc(I)c1OCc1ccc(C)cc1. The third kappa shape index (κ3) is 4.96. The Morgan fingerprint density at radius 3 is 2.52 bits per heavy atom. The number of hydrogen-bond donors (Lipinski definition) is 0. The first-order chi connectivity index (χ1) is 15.0. The fourth-order valence-corrected chi connectivity index (χ4v) is 5.48. The quantitative estimate of drug-likeness (QED) is 0.315. The first-order valence-electron chi connectivity index (χ1n) is 9.71. The predicted molar refractivity (Wildman–Crippen MR) is 135 cm³/mol. The van der Waals surface area contributed by atoms with Gasteiger partial charge in [0.25, 0.3) is 0 Å². The van der Waals surface area contributed by atoms with Crippen LogP contribution in [-0.4, -0.2) is 18.8 Å². The molecule has 7 heteroatoms. The van der Waals surface area contributed by atoms with Gasteiger partial charge in [0.15, 0.2) is 11.5 Å². The van der Waals surface area contributed by atoms with Gasteiger partial charge in [0.2, 0.25) is 5.91 Å². The molecule has 0 saturated carbocycles. The third-order valence-corrected chi connectivity index (χ3v) is 7.28. The number of rotatable bonds is 6. The van der Waals surface area contributed by atoms with Gasteiger partial charge in [0.05, 0.1) is 16.4 Å². The van der Waals surface area contributed by atoms with E-state index in [-0.39, 0.29) is 11.3 Å². The van der Waals surface area contributed by atoms with Crippen molar-refractivity contribution in [3.63, 3.8) is 0 Å². The predicted octanol–water partition coefficient (Wildman–Crippen LogP) is 6.62. The highest BCUT2D eigenvalue weighted by Crippen LogP contribution is 2.45. The van der Waals surface area contributed by atoms with Gasteiger partial charge < -0.3 is 9.47 Å². The van der Waals surface area contributed by atoms with Crippen LogP contribution < -0.4 is 14.4 Å². The number of anilines is 1. The van der Waals surface area contributed by atoms with Gasteiger partial charge in [-0.3, -0.25) is 9.69 Å². The van der Waals surface area contributed by atoms with E-state index in [9.17, 15) is 4.79 Å². The number of aryl methyl sites for hydroxylation is 1. The van der Waals surface area contributed by atoms with Crippen LogP contribution >= 0.6 is 46.0 Å². The first-order valence-corrected chi connectivity index (χ1v) is 12.2. The average molecular weight is 566 g/mol. The molecule has 1 aliphatic rings. The molecule has 1 saturated heterocycles. The molecule has 0 bridgehead atoms. The molecular weight excluding hydrogens is 545 g/mol. The molecule has 0 aliphatic carbocycles. The summed E-state index contributed by atoms with van der Waals surface area (Å²) in [6.45, 7) is 2.52. The molecule has 3 aromatic carbocycles. The van der Waals surface area contributed by atoms with Crippen LogP contribution in [0.4, 0.5) is 5.69 Å². The van der Waals surface area contributed by atoms with Crippen molar-refractivity contribution < 1.29 is 14.3 Å². The minimum Gasteiger partial charge on any atom is -0.493 e. The minimum atomic E-state index is -0.137. The van der Waals surface area contributed by atoms with E-state index in [1.807, 2.05) is 23.1 Å². The Morgan fingerprint density at radius 2 is 1.84 bits per heavy atom. The Morgan fingerprint density at radius 1 is 1.13 bits per heavy atom. The summed E-state index contributed by atoms with van der Waals surface area (Å²) in [4.78, 5) is 14.5. The molecule has 160 valence electrons. The summed E-state index contributed by atoms with van der Waals surface area (Å²) >= 11 is 9.89. The molecule has 4 nitrogen and oxygen atoms in total. The zero-order chi connectivity index (χ0) is 22.0. The largest absolute Gasteiger partial charge is 0.493 e. The molecule has 1 heterocycles. The third-order valence-electron chi connectivity index (χ3n) is 5.01. The van der Waals surface area contributed by atoms with Crippen LogP contribution in [-0.2, 0) is 11.4 Å². The number of amides is 1. The molecule has 1 atom stereocenters. The minimum absolute atomic E-state index is 0.0750. The smallest absolute Gasteiger partial charge is 0.238 e. The summed E-state index contributed by atoms with van der Waals surface area (Å²) in [5.74, 6) is 1.87. The zero-order valence-corrected chi connectivity index (χ0v) is 20.8. The Labute approximate surface area is 205 Å². The van der Waals surface area contributed by atoms with E-state index >= 15 is 0 Å². The molecular formula is C24H21ClINO3S. The van der Waals surface area contributed by atoms with Crippen molar-refractivity contribution in [2.75, 3.05) is 17.8 Å². The fourth-order valence-electron chi connectivity index (χ4n) is 3.41. The summed E-state index contributed by atoms with van der Waals surface area (Å²) in [5.41, 5.74) is 4.14. The molecule has 1 fully saturated rings. The Balaban J connectivity index is 1.61. The number of methoxy groups -OCH3 is 1. The molecule has 3 aromatic rings. The first kappa shape index (κ1) is 22.3. The van der Waals surface area contributed by atoms with Crippen LogP contribution in [0.1, 0.15) is 22.1 Å². The number of carbonyl (C=O) groups excluding carboxylic acids is 1. The van der Waals surface area contributed by atoms with Gasteiger partial charge in [-0.1, -0.05) is 41.4 Å². The maximum Gasteiger partial charge on any atom is 0.238 e. The summed E-state index contributed by atoms with van der Waals surface area (Å²) in [7, 11) is 1.64. The van der Waals surface area contributed by atoms with Gasteiger partial charge in [0.1, 0.15) is 12.0 Å². The second-order valence-corrected chi connectivity index (χ2v) is 9.88. The molecule has 1 aliphatic heterocycles. The van der Waals surface area contributed by atoms with E-state index < -0.39 is 0 Å². The lowest BCUT2D eigenvalue weighted by molar-refractivity contribution is -0.115. The zero-order valence-electron chi connectivity index (χ0n) is 17.1. The van der Waals surface area contributed by atoms with Crippen molar-refractivity contribution in [1.29, 1.82) is 0 Å². The number of thioether (sulfide) groups is 1. The van der Waals surface area contributed by atoms with Crippen LogP contribution in [0.15, 0.2) is 60.7 Å².